The van der Waals surface area contributed by atoms with Crippen LogP contribution in [0.15, 0.2) is 42.5 Å². The van der Waals surface area contributed by atoms with Crippen molar-refractivity contribution in [2.75, 3.05) is 13.6 Å². The van der Waals surface area contributed by atoms with Gasteiger partial charge in [-0.1, -0.05) is 42.5 Å². The Morgan fingerprint density at radius 2 is 2.12 bits per heavy atom. The van der Waals surface area contributed by atoms with Gasteiger partial charge in [-0.3, -0.25) is 4.90 Å². The third kappa shape index (κ3) is 2.71. The van der Waals surface area contributed by atoms with E-state index in [9.17, 15) is 5.11 Å². The Hall–Kier alpha value is -1.12. The highest BCUT2D eigenvalue weighted by Gasteiger charge is 2.19. The van der Waals surface area contributed by atoms with E-state index in [4.69, 9.17) is 0 Å². The molecule has 0 saturated heterocycles. The molecule has 0 aromatic heterocycles. The molecule has 2 rings (SSSR count). The van der Waals surface area contributed by atoms with E-state index in [-0.39, 0.29) is 6.10 Å². The minimum atomic E-state index is -0.364. The Balaban J connectivity index is 1.99. The SMILES string of the molecule is CN1CCC=C[C@@H]1C[C@H](O)c1ccccc1. The summed E-state index contributed by atoms with van der Waals surface area (Å²) in [6.45, 7) is 1.09. The Morgan fingerprint density at radius 1 is 1.38 bits per heavy atom. The number of aliphatic hydroxyl groups excluding tert-OH is 1. The van der Waals surface area contributed by atoms with E-state index in [1.807, 2.05) is 30.3 Å². The second-order valence-corrected chi connectivity index (χ2v) is 4.43. The van der Waals surface area contributed by atoms with Crippen molar-refractivity contribution in [3.05, 3.63) is 48.0 Å². The van der Waals surface area contributed by atoms with E-state index in [1.54, 1.807) is 0 Å². The average Bonchev–Trinajstić information content (AvgIpc) is 2.33. The predicted octanol–water partition coefficient (Wildman–Crippen LogP) is 2.37. The number of hydrogen-bond donors (Lipinski definition) is 1. The fourth-order valence-corrected chi connectivity index (χ4v) is 2.14. The highest BCUT2D eigenvalue weighted by Crippen LogP contribution is 2.22. The van der Waals surface area contributed by atoms with Crippen LogP contribution in [0.1, 0.15) is 24.5 Å². The van der Waals surface area contributed by atoms with Crippen molar-refractivity contribution in [2.45, 2.75) is 25.0 Å². The van der Waals surface area contributed by atoms with Crippen molar-refractivity contribution in [3.63, 3.8) is 0 Å². The molecular formula is C14H19NO. The molecule has 2 nitrogen and oxygen atoms in total. The van der Waals surface area contributed by atoms with Gasteiger partial charge >= 0.3 is 0 Å². The second-order valence-electron chi connectivity index (χ2n) is 4.43. The lowest BCUT2D eigenvalue weighted by atomic mass is 9.99. The van der Waals surface area contributed by atoms with E-state index in [2.05, 4.69) is 24.1 Å². The standard InChI is InChI=1S/C14H19NO/c1-15-10-6-5-9-13(15)11-14(16)12-7-3-2-4-8-12/h2-5,7-9,13-14,16H,6,10-11H2,1H3/t13-,14+/m1/s1. The van der Waals surface area contributed by atoms with Gasteiger partial charge in [0.2, 0.25) is 0 Å². The topological polar surface area (TPSA) is 23.5 Å². The minimum absolute atomic E-state index is 0.364. The van der Waals surface area contributed by atoms with Gasteiger partial charge in [0.05, 0.1) is 6.10 Å². The normalized spacial score (nSPS) is 23.2. The van der Waals surface area contributed by atoms with Crippen LogP contribution >= 0.6 is 0 Å². The molecule has 0 spiro atoms. The fourth-order valence-electron chi connectivity index (χ4n) is 2.14. The molecule has 0 aliphatic carbocycles. The summed E-state index contributed by atoms with van der Waals surface area (Å²) in [6, 6.07) is 10.2. The largest absolute Gasteiger partial charge is 0.388 e. The molecule has 1 heterocycles. The Labute approximate surface area is 97.2 Å². The van der Waals surface area contributed by atoms with E-state index in [0.717, 1.165) is 24.9 Å². The van der Waals surface area contributed by atoms with Gasteiger partial charge in [0.1, 0.15) is 0 Å². The molecule has 2 heteroatoms. The maximum absolute atomic E-state index is 10.1. The van der Waals surface area contributed by atoms with Gasteiger partial charge in [-0.15, -0.1) is 0 Å². The third-order valence-electron chi connectivity index (χ3n) is 3.22. The minimum Gasteiger partial charge on any atom is -0.388 e. The molecule has 1 N–H and O–H groups in total. The van der Waals surface area contributed by atoms with Gasteiger partial charge in [0.15, 0.2) is 0 Å². The summed E-state index contributed by atoms with van der Waals surface area (Å²) in [5.41, 5.74) is 1.01. The summed E-state index contributed by atoms with van der Waals surface area (Å²) in [5.74, 6) is 0. The molecule has 0 saturated carbocycles. The van der Waals surface area contributed by atoms with E-state index < -0.39 is 0 Å². The number of nitrogens with zero attached hydrogens (tertiary/aromatic N) is 1. The van der Waals surface area contributed by atoms with Crippen LogP contribution in [0, 0.1) is 0 Å². The molecule has 0 amide bonds. The monoisotopic (exact) mass is 217 g/mol. The van der Waals surface area contributed by atoms with Crippen molar-refractivity contribution in [1.29, 1.82) is 0 Å². The maximum atomic E-state index is 10.1. The van der Waals surface area contributed by atoms with Crippen LogP contribution in [0.2, 0.25) is 0 Å². The average molecular weight is 217 g/mol. The smallest absolute Gasteiger partial charge is 0.0808 e. The fraction of sp³-hybridized carbons (Fsp3) is 0.429. The molecule has 86 valence electrons. The summed E-state index contributed by atoms with van der Waals surface area (Å²) in [6.07, 6.45) is 5.94. The molecule has 0 fully saturated rings. The van der Waals surface area contributed by atoms with Crippen molar-refractivity contribution in [1.82, 2.24) is 4.90 Å². The van der Waals surface area contributed by atoms with E-state index >= 15 is 0 Å². The molecule has 1 aromatic carbocycles. The molecule has 2 atom stereocenters. The quantitative estimate of drug-likeness (QED) is 0.786. The van der Waals surface area contributed by atoms with E-state index in [1.165, 1.54) is 0 Å². The molecule has 16 heavy (non-hydrogen) atoms. The van der Waals surface area contributed by atoms with Gasteiger partial charge < -0.3 is 5.11 Å². The van der Waals surface area contributed by atoms with Crippen molar-refractivity contribution >= 4 is 0 Å². The first kappa shape index (κ1) is 11.4. The first-order valence-electron chi connectivity index (χ1n) is 5.87. The zero-order valence-electron chi connectivity index (χ0n) is 9.71. The van der Waals surface area contributed by atoms with Crippen LogP contribution in [0.3, 0.4) is 0 Å². The van der Waals surface area contributed by atoms with Gasteiger partial charge in [-0.05, 0) is 25.5 Å². The van der Waals surface area contributed by atoms with Gasteiger partial charge in [0.25, 0.3) is 0 Å². The van der Waals surface area contributed by atoms with Crippen LogP contribution in [-0.4, -0.2) is 29.6 Å². The van der Waals surface area contributed by atoms with Gasteiger partial charge in [-0.25, -0.2) is 0 Å². The first-order valence-corrected chi connectivity index (χ1v) is 5.87. The van der Waals surface area contributed by atoms with Crippen molar-refractivity contribution in [2.24, 2.45) is 0 Å². The molecule has 0 bridgehead atoms. The third-order valence-corrected chi connectivity index (χ3v) is 3.22. The highest BCUT2D eigenvalue weighted by atomic mass is 16.3. The zero-order valence-corrected chi connectivity index (χ0v) is 9.71. The van der Waals surface area contributed by atoms with Crippen LogP contribution in [0.4, 0.5) is 0 Å². The zero-order chi connectivity index (χ0) is 11.4. The number of benzene rings is 1. The molecule has 1 aliphatic heterocycles. The number of hydrogen-bond acceptors (Lipinski definition) is 2. The van der Waals surface area contributed by atoms with Crippen LogP contribution in [0.5, 0.6) is 0 Å². The number of aliphatic hydroxyl groups is 1. The van der Waals surface area contributed by atoms with Crippen molar-refractivity contribution in [3.8, 4) is 0 Å². The van der Waals surface area contributed by atoms with Crippen LogP contribution in [0.25, 0.3) is 0 Å². The molecule has 0 radical (unpaired) electrons. The van der Waals surface area contributed by atoms with Gasteiger partial charge in [0, 0.05) is 12.6 Å². The van der Waals surface area contributed by atoms with Crippen molar-refractivity contribution < 1.29 is 5.11 Å². The Kier molecular flexibility index (Phi) is 3.75. The molecule has 1 aliphatic rings. The maximum Gasteiger partial charge on any atom is 0.0808 e. The Morgan fingerprint density at radius 3 is 2.81 bits per heavy atom. The lowest BCUT2D eigenvalue weighted by Crippen LogP contribution is -2.34. The van der Waals surface area contributed by atoms with Gasteiger partial charge in [-0.2, -0.15) is 0 Å². The van der Waals surface area contributed by atoms with Crippen LogP contribution in [-0.2, 0) is 0 Å². The second kappa shape index (κ2) is 5.28. The lowest BCUT2D eigenvalue weighted by Gasteiger charge is -2.30. The first-order chi connectivity index (χ1) is 7.77. The number of rotatable bonds is 3. The number of likely N-dealkylation sites (N-methyl/N-ethyl adjacent to an activating group) is 1. The van der Waals surface area contributed by atoms with E-state index in [0.29, 0.717) is 6.04 Å². The molecule has 0 unspecified atom stereocenters. The van der Waals surface area contributed by atoms with Crippen LogP contribution < -0.4 is 0 Å². The Bertz CT molecular complexity index is 347. The molecular weight excluding hydrogens is 198 g/mol. The predicted molar refractivity (Wildman–Crippen MR) is 66.2 cm³/mol. The summed E-state index contributed by atoms with van der Waals surface area (Å²) >= 11 is 0. The molecule has 1 aromatic rings. The summed E-state index contributed by atoms with van der Waals surface area (Å²) in [5, 5.41) is 10.1. The highest BCUT2D eigenvalue weighted by molar-refractivity contribution is 5.18. The lowest BCUT2D eigenvalue weighted by molar-refractivity contribution is 0.128. The summed E-state index contributed by atoms with van der Waals surface area (Å²) in [7, 11) is 2.12. The summed E-state index contributed by atoms with van der Waals surface area (Å²) < 4.78 is 0. The summed E-state index contributed by atoms with van der Waals surface area (Å²) in [4.78, 5) is 2.30.